The van der Waals surface area contributed by atoms with Crippen LogP contribution in [0.2, 0.25) is 0 Å². The molecule has 2 N–H and O–H groups in total. The summed E-state index contributed by atoms with van der Waals surface area (Å²) in [5, 5.41) is 19.2. The van der Waals surface area contributed by atoms with Crippen molar-refractivity contribution in [1.29, 1.82) is 0 Å². The van der Waals surface area contributed by atoms with Crippen LogP contribution in [0.25, 0.3) is 0 Å². The molecule has 0 aromatic rings. The Morgan fingerprint density at radius 3 is 2.60 bits per heavy atom. The van der Waals surface area contributed by atoms with E-state index in [4.69, 9.17) is 9.47 Å². The second-order valence-corrected chi connectivity index (χ2v) is 3.55. The third-order valence-corrected chi connectivity index (χ3v) is 2.41. The molecule has 2 unspecified atom stereocenters. The maximum atomic E-state index is 9.68. The first-order valence-electron chi connectivity index (χ1n) is 5.11. The Bertz CT molecular complexity index is 156. The van der Waals surface area contributed by atoms with Crippen molar-refractivity contribution in [1.82, 2.24) is 0 Å². The fraction of sp³-hybridized carbons (Fsp3) is 0.900. The number of rotatable bonds is 4. The largest absolute Gasteiger partial charge is 0.390 e. The van der Waals surface area contributed by atoms with E-state index >= 15 is 0 Å². The van der Waals surface area contributed by atoms with Gasteiger partial charge in [-0.1, -0.05) is 6.92 Å². The molecule has 4 nitrogen and oxygen atoms in total. The van der Waals surface area contributed by atoms with Gasteiger partial charge in [0.2, 0.25) is 0 Å². The van der Waals surface area contributed by atoms with Gasteiger partial charge in [-0.3, -0.25) is 0 Å². The minimum absolute atomic E-state index is 0. The Hall–Kier alpha value is 0.944. The molecular formula is C10H19O4Y-. The summed E-state index contributed by atoms with van der Waals surface area (Å²) >= 11 is 0. The topological polar surface area (TPSA) is 58.9 Å². The molecule has 0 amide bonds. The summed E-state index contributed by atoms with van der Waals surface area (Å²) in [6.07, 6.45) is -0.428. The molecule has 5 heteroatoms. The van der Waals surface area contributed by atoms with Crippen LogP contribution in [0.1, 0.15) is 26.2 Å². The number of aliphatic hydroxyl groups excluding tert-OH is 2. The van der Waals surface area contributed by atoms with Crippen molar-refractivity contribution >= 4 is 0 Å². The minimum Gasteiger partial charge on any atom is -0.390 e. The van der Waals surface area contributed by atoms with Crippen LogP contribution in [-0.2, 0) is 42.2 Å². The normalized spacial score (nSPS) is 36.0. The summed E-state index contributed by atoms with van der Waals surface area (Å²) in [7, 11) is 0. The molecule has 4 atom stereocenters. The third-order valence-electron chi connectivity index (χ3n) is 2.41. The number of hydrogen-bond donors (Lipinski definition) is 2. The van der Waals surface area contributed by atoms with Gasteiger partial charge in [-0.15, -0.1) is 0 Å². The van der Waals surface area contributed by atoms with Gasteiger partial charge in [0.1, 0.15) is 6.10 Å². The van der Waals surface area contributed by atoms with Gasteiger partial charge in [0, 0.05) is 45.7 Å². The van der Waals surface area contributed by atoms with Gasteiger partial charge in [-0.05, 0) is 6.42 Å². The van der Waals surface area contributed by atoms with Gasteiger partial charge >= 0.3 is 0 Å². The van der Waals surface area contributed by atoms with Crippen LogP contribution in [0.3, 0.4) is 0 Å². The Morgan fingerprint density at radius 2 is 2.13 bits per heavy atom. The molecule has 1 aliphatic rings. The predicted octanol–water partition coefficient (Wildman–Crippen LogP) is 0.471. The Labute approximate surface area is 116 Å². The van der Waals surface area contributed by atoms with Crippen LogP contribution < -0.4 is 0 Å². The molecule has 15 heavy (non-hydrogen) atoms. The van der Waals surface area contributed by atoms with Crippen LogP contribution in [0, 0.1) is 6.92 Å². The van der Waals surface area contributed by atoms with Gasteiger partial charge in [0.25, 0.3) is 0 Å². The maximum absolute atomic E-state index is 9.68. The quantitative estimate of drug-likeness (QED) is 0.740. The van der Waals surface area contributed by atoms with E-state index in [-0.39, 0.29) is 38.8 Å². The number of hydrogen-bond acceptors (Lipinski definition) is 4. The van der Waals surface area contributed by atoms with E-state index in [1.807, 2.05) is 6.92 Å². The molecular weight excluding hydrogens is 273 g/mol. The number of ether oxygens (including phenoxy) is 2. The first-order valence-corrected chi connectivity index (χ1v) is 5.11. The summed E-state index contributed by atoms with van der Waals surface area (Å²) in [4.78, 5) is 0. The van der Waals surface area contributed by atoms with Gasteiger partial charge in [0.15, 0.2) is 6.29 Å². The Morgan fingerprint density at radius 1 is 1.47 bits per heavy atom. The van der Waals surface area contributed by atoms with E-state index in [9.17, 15) is 10.2 Å². The van der Waals surface area contributed by atoms with E-state index in [0.29, 0.717) is 19.4 Å². The SMILES string of the molecule is [CH2-]CCOC1[C@@H](O)CC(CC)O[C@@H]1O.[Y]. The van der Waals surface area contributed by atoms with Crippen LogP contribution in [0.15, 0.2) is 0 Å². The van der Waals surface area contributed by atoms with E-state index < -0.39 is 18.5 Å². The molecule has 1 radical (unpaired) electrons. The first-order chi connectivity index (χ1) is 6.69. The fourth-order valence-corrected chi connectivity index (χ4v) is 1.60. The third kappa shape index (κ3) is 4.76. The van der Waals surface area contributed by atoms with Crippen molar-refractivity contribution in [2.45, 2.75) is 50.8 Å². The van der Waals surface area contributed by atoms with Crippen molar-refractivity contribution in [3.05, 3.63) is 6.92 Å². The molecule has 1 rings (SSSR count). The first kappa shape index (κ1) is 15.9. The van der Waals surface area contributed by atoms with Crippen LogP contribution in [0.4, 0.5) is 0 Å². The van der Waals surface area contributed by atoms with E-state index in [2.05, 4.69) is 6.92 Å². The summed E-state index contributed by atoms with van der Waals surface area (Å²) < 4.78 is 10.5. The average Bonchev–Trinajstić information content (AvgIpc) is 2.16. The van der Waals surface area contributed by atoms with Crippen LogP contribution in [-0.4, -0.2) is 41.4 Å². The van der Waals surface area contributed by atoms with Gasteiger partial charge in [-0.2, -0.15) is 6.42 Å². The molecule has 1 saturated heterocycles. The zero-order valence-electron chi connectivity index (χ0n) is 9.13. The van der Waals surface area contributed by atoms with Gasteiger partial charge in [-0.25, -0.2) is 0 Å². The summed E-state index contributed by atoms with van der Waals surface area (Å²) in [6.45, 7) is 6.01. The van der Waals surface area contributed by atoms with Crippen molar-refractivity contribution in [2.24, 2.45) is 0 Å². The molecule has 0 bridgehead atoms. The average molecular weight is 292 g/mol. The second-order valence-electron chi connectivity index (χ2n) is 3.55. The molecule has 87 valence electrons. The smallest absolute Gasteiger partial charge is 0.183 e. The zero-order valence-corrected chi connectivity index (χ0v) is 12.0. The fourth-order valence-electron chi connectivity index (χ4n) is 1.60. The summed E-state index contributed by atoms with van der Waals surface area (Å²) in [6, 6.07) is 0. The molecule has 0 spiro atoms. The van der Waals surface area contributed by atoms with E-state index in [1.54, 1.807) is 0 Å². The van der Waals surface area contributed by atoms with Crippen molar-refractivity contribution in [3.8, 4) is 0 Å². The standard InChI is InChI=1S/C10H19O4.Y/c1-3-5-13-9-8(11)6-7(4-2)14-10(9)12;/h7-12H,1,3-6H2,2H3;/q-1;/t7?,8-,9?,10-;/m0./s1. The van der Waals surface area contributed by atoms with E-state index in [0.717, 1.165) is 6.42 Å². The molecule has 0 saturated carbocycles. The van der Waals surface area contributed by atoms with Gasteiger partial charge < -0.3 is 26.6 Å². The maximum Gasteiger partial charge on any atom is 0.183 e. The van der Waals surface area contributed by atoms with Crippen LogP contribution >= 0.6 is 0 Å². The Kier molecular flexibility index (Phi) is 8.61. The van der Waals surface area contributed by atoms with Gasteiger partial charge in [0.05, 0.1) is 12.2 Å². The minimum atomic E-state index is -1.02. The number of aliphatic hydroxyl groups is 2. The molecule has 1 aliphatic heterocycles. The molecule has 1 heterocycles. The Balaban J connectivity index is 0.00000196. The van der Waals surface area contributed by atoms with Crippen molar-refractivity contribution in [2.75, 3.05) is 6.61 Å². The van der Waals surface area contributed by atoms with E-state index in [1.165, 1.54) is 0 Å². The monoisotopic (exact) mass is 292 g/mol. The van der Waals surface area contributed by atoms with Crippen molar-refractivity contribution in [3.63, 3.8) is 0 Å². The molecule has 0 aromatic carbocycles. The molecule has 0 aliphatic carbocycles. The second kappa shape index (κ2) is 8.10. The molecule has 1 fully saturated rings. The zero-order chi connectivity index (χ0) is 10.6. The molecule has 0 aromatic heterocycles. The summed E-state index contributed by atoms with van der Waals surface area (Å²) in [5.41, 5.74) is 0. The predicted molar refractivity (Wildman–Crippen MR) is 51.5 cm³/mol. The van der Waals surface area contributed by atoms with Crippen LogP contribution in [0.5, 0.6) is 0 Å². The summed E-state index contributed by atoms with van der Waals surface area (Å²) in [5.74, 6) is 0. The van der Waals surface area contributed by atoms with Crippen molar-refractivity contribution < 1.29 is 52.4 Å².